The fourth-order valence-corrected chi connectivity index (χ4v) is 4.50. The van der Waals surface area contributed by atoms with Gasteiger partial charge in [-0.3, -0.25) is 0 Å². The molecular formula is C18H20F3N5S. The molecule has 0 unspecified atom stereocenters. The molecule has 1 aliphatic rings. The maximum atomic E-state index is 12.9. The van der Waals surface area contributed by atoms with Crippen LogP contribution in [0.2, 0.25) is 0 Å². The molecule has 144 valence electrons. The molecule has 27 heavy (non-hydrogen) atoms. The van der Waals surface area contributed by atoms with Crippen LogP contribution in [-0.2, 0) is 6.18 Å². The second-order valence-corrected chi connectivity index (χ2v) is 8.14. The van der Waals surface area contributed by atoms with Gasteiger partial charge in [0.05, 0.1) is 15.8 Å². The first kappa shape index (κ1) is 18.2. The highest BCUT2D eigenvalue weighted by molar-refractivity contribution is 7.22. The van der Waals surface area contributed by atoms with Crippen LogP contribution < -0.4 is 4.90 Å². The third-order valence-electron chi connectivity index (χ3n) is 4.99. The van der Waals surface area contributed by atoms with E-state index in [-0.39, 0.29) is 0 Å². The van der Waals surface area contributed by atoms with Crippen LogP contribution in [0, 0.1) is 0 Å². The SMILES string of the molecule is CC(C)n1cnnc1C1CCN(c2nc3cc(C(F)(F)F)ccc3s2)CC1. The van der Waals surface area contributed by atoms with E-state index in [2.05, 4.69) is 38.5 Å². The van der Waals surface area contributed by atoms with Gasteiger partial charge in [-0.15, -0.1) is 10.2 Å². The lowest BCUT2D eigenvalue weighted by Gasteiger charge is -2.31. The summed E-state index contributed by atoms with van der Waals surface area (Å²) in [5.41, 5.74) is -0.245. The Hall–Kier alpha value is -2.16. The Morgan fingerprint density at radius 2 is 1.93 bits per heavy atom. The molecule has 1 aliphatic heterocycles. The minimum Gasteiger partial charge on any atom is -0.348 e. The van der Waals surface area contributed by atoms with Gasteiger partial charge in [0.2, 0.25) is 0 Å². The third-order valence-corrected chi connectivity index (χ3v) is 6.09. The van der Waals surface area contributed by atoms with E-state index < -0.39 is 11.7 Å². The van der Waals surface area contributed by atoms with Gasteiger partial charge in [-0.25, -0.2) is 4.98 Å². The first-order valence-corrected chi connectivity index (χ1v) is 9.76. The molecule has 2 aromatic heterocycles. The number of benzene rings is 1. The second kappa shape index (κ2) is 6.78. The molecular weight excluding hydrogens is 375 g/mol. The molecule has 4 rings (SSSR count). The largest absolute Gasteiger partial charge is 0.416 e. The van der Waals surface area contributed by atoms with Crippen LogP contribution in [0.1, 0.15) is 50.0 Å². The average Bonchev–Trinajstić information content (AvgIpc) is 3.27. The van der Waals surface area contributed by atoms with Gasteiger partial charge in [0.25, 0.3) is 0 Å². The van der Waals surface area contributed by atoms with E-state index in [0.717, 1.165) is 53.7 Å². The van der Waals surface area contributed by atoms with Crippen molar-refractivity contribution in [1.82, 2.24) is 19.7 Å². The zero-order valence-electron chi connectivity index (χ0n) is 15.1. The van der Waals surface area contributed by atoms with Crippen LogP contribution >= 0.6 is 11.3 Å². The molecule has 3 aromatic rings. The number of alkyl halides is 3. The van der Waals surface area contributed by atoms with Gasteiger partial charge in [0, 0.05) is 25.0 Å². The summed E-state index contributed by atoms with van der Waals surface area (Å²) in [4.78, 5) is 6.61. The third kappa shape index (κ3) is 3.52. The van der Waals surface area contributed by atoms with Crippen LogP contribution in [0.4, 0.5) is 18.3 Å². The Kier molecular flexibility index (Phi) is 4.57. The van der Waals surface area contributed by atoms with Crippen LogP contribution in [0.3, 0.4) is 0 Å². The molecule has 1 fully saturated rings. The number of rotatable bonds is 3. The molecule has 0 amide bonds. The maximum absolute atomic E-state index is 12.9. The van der Waals surface area contributed by atoms with E-state index in [1.54, 1.807) is 6.33 Å². The van der Waals surface area contributed by atoms with Gasteiger partial charge in [-0.05, 0) is 44.9 Å². The van der Waals surface area contributed by atoms with Crippen molar-refractivity contribution >= 4 is 26.7 Å². The molecule has 0 radical (unpaired) electrons. The number of piperidine rings is 1. The summed E-state index contributed by atoms with van der Waals surface area (Å²) < 4.78 is 41.6. The highest BCUT2D eigenvalue weighted by atomic mass is 32.1. The van der Waals surface area contributed by atoms with Gasteiger partial charge >= 0.3 is 6.18 Å². The lowest BCUT2D eigenvalue weighted by molar-refractivity contribution is -0.137. The molecule has 5 nitrogen and oxygen atoms in total. The first-order chi connectivity index (χ1) is 12.8. The van der Waals surface area contributed by atoms with E-state index in [9.17, 15) is 13.2 Å². The number of hydrogen-bond donors (Lipinski definition) is 0. The Balaban J connectivity index is 1.50. The number of aromatic nitrogens is 4. The first-order valence-electron chi connectivity index (χ1n) is 8.95. The second-order valence-electron chi connectivity index (χ2n) is 7.13. The van der Waals surface area contributed by atoms with Gasteiger partial charge in [-0.2, -0.15) is 13.2 Å². The lowest BCUT2D eigenvalue weighted by atomic mass is 9.96. The van der Waals surface area contributed by atoms with Crippen molar-refractivity contribution in [1.29, 1.82) is 0 Å². The molecule has 0 bridgehead atoms. The van der Waals surface area contributed by atoms with Crippen molar-refractivity contribution in [2.75, 3.05) is 18.0 Å². The van der Waals surface area contributed by atoms with Crippen molar-refractivity contribution in [2.45, 2.75) is 44.8 Å². The van der Waals surface area contributed by atoms with E-state index in [1.165, 1.54) is 17.4 Å². The molecule has 0 saturated carbocycles. The molecule has 1 aromatic carbocycles. The fraction of sp³-hybridized carbons (Fsp3) is 0.500. The van der Waals surface area contributed by atoms with Crippen LogP contribution in [0.5, 0.6) is 0 Å². The van der Waals surface area contributed by atoms with Crippen molar-refractivity contribution in [3.63, 3.8) is 0 Å². The summed E-state index contributed by atoms with van der Waals surface area (Å²) in [7, 11) is 0. The van der Waals surface area contributed by atoms with E-state index in [0.29, 0.717) is 17.5 Å². The number of hydrogen-bond acceptors (Lipinski definition) is 5. The number of thiazole rings is 1. The number of anilines is 1. The summed E-state index contributed by atoms with van der Waals surface area (Å²) in [6, 6.07) is 4.08. The summed E-state index contributed by atoms with van der Waals surface area (Å²) in [5.74, 6) is 1.36. The molecule has 0 N–H and O–H groups in total. The quantitative estimate of drug-likeness (QED) is 0.635. The van der Waals surface area contributed by atoms with Gasteiger partial charge in [0.1, 0.15) is 12.2 Å². The Bertz CT molecular complexity index is 938. The van der Waals surface area contributed by atoms with Gasteiger partial charge in [-0.1, -0.05) is 11.3 Å². The van der Waals surface area contributed by atoms with Crippen LogP contribution in [0.15, 0.2) is 24.5 Å². The maximum Gasteiger partial charge on any atom is 0.416 e. The fourth-order valence-electron chi connectivity index (χ4n) is 3.50. The number of nitrogens with zero attached hydrogens (tertiary/aromatic N) is 5. The minimum absolute atomic E-state index is 0.320. The van der Waals surface area contributed by atoms with Crippen LogP contribution in [0.25, 0.3) is 10.2 Å². The number of fused-ring (bicyclic) bond motifs is 1. The minimum atomic E-state index is -4.34. The summed E-state index contributed by atoms with van der Waals surface area (Å²) in [5, 5.41) is 9.14. The van der Waals surface area contributed by atoms with Crippen LogP contribution in [-0.4, -0.2) is 32.8 Å². The molecule has 0 aliphatic carbocycles. The van der Waals surface area contributed by atoms with Crippen molar-refractivity contribution in [3.8, 4) is 0 Å². The molecule has 0 spiro atoms. The van der Waals surface area contributed by atoms with Crippen molar-refractivity contribution in [2.24, 2.45) is 0 Å². The smallest absolute Gasteiger partial charge is 0.348 e. The summed E-state index contributed by atoms with van der Waals surface area (Å²) >= 11 is 1.44. The Morgan fingerprint density at radius 3 is 2.59 bits per heavy atom. The van der Waals surface area contributed by atoms with Crippen molar-refractivity contribution in [3.05, 3.63) is 35.9 Å². The average molecular weight is 395 g/mol. The predicted octanol–water partition coefficient (Wildman–Crippen LogP) is 4.87. The summed E-state index contributed by atoms with van der Waals surface area (Å²) in [6.07, 6.45) is -0.717. The topological polar surface area (TPSA) is 46.8 Å². The van der Waals surface area contributed by atoms with E-state index in [4.69, 9.17) is 0 Å². The summed E-state index contributed by atoms with van der Waals surface area (Å²) in [6.45, 7) is 5.83. The monoisotopic (exact) mass is 395 g/mol. The molecule has 1 saturated heterocycles. The Labute approximate surface area is 158 Å². The highest BCUT2D eigenvalue weighted by Gasteiger charge is 2.31. The number of halogens is 3. The molecule has 3 heterocycles. The lowest BCUT2D eigenvalue weighted by Crippen LogP contribution is -2.33. The standard InChI is InChI=1S/C18H20F3N5S/c1-11(2)26-10-22-24-16(26)12-5-7-25(8-6-12)17-23-14-9-13(18(19,20)21)3-4-15(14)27-17/h3-4,9-12H,5-8H2,1-2H3. The Morgan fingerprint density at radius 1 is 1.19 bits per heavy atom. The van der Waals surface area contributed by atoms with Crippen molar-refractivity contribution < 1.29 is 13.2 Å². The predicted molar refractivity (Wildman–Crippen MR) is 99.2 cm³/mol. The molecule has 0 atom stereocenters. The zero-order chi connectivity index (χ0) is 19.2. The normalized spacial score (nSPS) is 16.6. The van der Waals surface area contributed by atoms with E-state index >= 15 is 0 Å². The van der Waals surface area contributed by atoms with E-state index in [1.807, 2.05) is 0 Å². The van der Waals surface area contributed by atoms with Gasteiger partial charge in [0.15, 0.2) is 5.13 Å². The van der Waals surface area contributed by atoms with Gasteiger partial charge < -0.3 is 9.47 Å². The zero-order valence-corrected chi connectivity index (χ0v) is 15.9. The highest BCUT2D eigenvalue weighted by Crippen LogP contribution is 2.37. The molecule has 9 heteroatoms.